The van der Waals surface area contributed by atoms with E-state index in [4.69, 9.17) is 9.47 Å². The Hall–Kier alpha value is -0.160. The molecule has 0 saturated carbocycles. The van der Waals surface area contributed by atoms with Gasteiger partial charge in [0.1, 0.15) is 0 Å². The van der Waals surface area contributed by atoms with Crippen molar-refractivity contribution in [2.75, 3.05) is 59.2 Å². The lowest BCUT2D eigenvalue weighted by molar-refractivity contribution is 0.0821. The van der Waals surface area contributed by atoms with Crippen molar-refractivity contribution in [3.05, 3.63) is 0 Å². The van der Waals surface area contributed by atoms with Crippen LogP contribution in [0.2, 0.25) is 0 Å². The van der Waals surface area contributed by atoms with Crippen LogP contribution in [0, 0.1) is 5.92 Å². The van der Waals surface area contributed by atoms with Gasteiger partial charge in [-0.1, -0.05) is 13.8 Å². The fraction of sp³-hybridized carbons (Fsp3) is 1.00. The topological polar surface area (TPSA) is 33.7 Å². The number of hydrogen-bond acceptors (Lipinski definition) is 4. The second kappa shape index (κ2) is 15.2. The average molecular weight is 288 g/mol. The van der Waals surface area contributed by atoms with Gasteiger partial charge in [0, 0.05) is 26.3 Å². The highest BCUT2D eigenvalue weighted by Gasteiger charge is 2.04. The number of hydrogen-bond donors (Lipinski definition) is 1. The summed E-state index contributed by atoms with van der Waals surface area (Å²) in [5, 5.41) is 3.50. The molecule has 0 saturated heterocycles. The second-order valence-electron chi connectivity index (χ2n) is 5.54. The molecule has 0 spiro atoms. The van der Waals surface area contributed by atoms with Crippen molar-refractivity contribution < 1.29 is 9.47 Å². The normalized spacial score (nSPS) is 11.7. The highest BCUT2D eigenvalue weighted by molar-refractivity contribution is 4.59. The van der Waals surface area contributed by atoms with Crippen molar-refractivity contribution >= 4 is 0 Å². The summed E-state index contributed by atoms with van der Waals surface area (Å²) in [6.45, 7) is 17.3. The van der Waals surface area contributed by atoms with Crippen molar-refractivity contribution in [2.45, 2.75) is 40.5 Å². The predicted octanol–water partition coefficient (Wildman–Crippen LogP) is 2.39. The van der Waals surface area contributed by atoms with Crippen molar-refractivity contribution in [2.24, 2.45) is 5.92 Å². The third kappa shape index (κ3) is 14.3. The molecule has 0 radical (unpaired) electrons. The monoisotopic (exact) mass is 288 g/mol. The lowest BCUT2D eigenvalue weighted by atomic mass is 10.2. The average Bonchev–Trinajstić information content (AvgIpc) is 2.42. The summed E-state index contributed by atoms with van der Waals surface area (Å²) in [5.41, 5.74) is 0. The van der Waals surface area contributed by atoms with Crippen molar-refractivity contribution in [3.63, 3.8) is 0 Å². The second-order valence-corrected chi connectivity index (χ2v) is 5.54. The van der Waals surface area contributed by atoms with E-state index in [9.17, 15) is 0 Å². The van der Waals surface area contributed by atoms with Crippen LogP contribution >= 0.6 is 0 Å². The highest BCUT2D eigenvalue weighted by atomic mass is 16.5. The van der Waals surface area contributed by atoms with Crippen molar-refractivity contribution in [1.82, 2.24) is 10.2 Å². The number of nitrogens with zero attached hydrogens (tertiary/aromatic N) is 1. The fourth-order valence-corrected chi connectivity index (χ4v) is 1.99. The van der Waals surface area contributed by atoms with E-state index in [2.05, 4.69) is 24.1 Å². The third-order valence-electron chi connectivity index (χ3n) is 3.14. The summed E-state index contributed by atoms with van der Waals surface area (Å²) in [6.07, 6.45) is 2.48. The first-order valence-corrected chi connectivity index (χ1v) is 8.29. The van der Waals surface area contributed by atoms with Crippen LogP contribution in [-0.2, 0) is 9.47 Å². The van der Waals surface area contributed by atoms with Crippen LogP contribution in [0.15, 0.2) is 0 Å². The van der Waals surface area contributed by atoms with E-state index in [0.29, 0.717) is 0 Å². The van der Waals surface area contributed by atoms with Gasteiger partial charge in [-0.05, 0) is 52.2 Å². The maximum absolute atomic E-state index is 5.45. The molecule has 0 aromatic rings. The van der Waals surface area contributed by atoms with Crippen LogP contribution in [-0.4, -0.2) is 64.1 Å². The fourth-order valence-electron chi connectivity index (χ4n) is 1.99. The van der Waals surface area contributed by atoms with Crippen LogP contribution in [0.4, 0.5) is 0 Å². The molecule has 20 heavy (non-hydrogen) atoms. The largest absolute Gasteiger partial charge is 0.380 e. The van der Waals surface area contributed by atoms with Gasteiger partial charge in [0.15, 0.2) is 0 Å². The Labute approximate surface area is 126 Å². The van der Waals surface area contributed by atoms with Gasteiger partial charge in [-0.25, -0.2) is 0 Å². The Morgan fingerprint density at radius 1 is 0.900 bits per heavy atom. The first-order chi connectivity index (χ1) is 9.70. The summed E-state index contributed by atoms with van der Waals surface area (Å²) in [5.74, 6) is 0.740. The lowest BCUT2D eigenvalue weighted by Crippen LogP contribution is -2.32. The zero-order valence-corrected chi connectivity index (χ0v) is 14.1. The summed E-state index contributed by atoms with van der Waals surface area (Å²) in [4.78, 5) is 2.45. The maximum Gasteiger partial charge on any atom is 0.0593 e. The van der Waals surface area contributed by atoms with Gasteiger partial charge in [0.25, 0.3) is 0 Å². The molecular formula is C16H36N2O2. The molecule has 0 atom stereocenters. The molecule has 0 amide bonds. The first kappa shape index (κ1) is 19.8. The molecule has 1 N–H and O–H groups in total. The van der Waals surface area contributed by atoms with Gasteiger partial charge in [-0.2, -0.15) is 0 Å². The zero-order chi connectivity index (χ0) is 15.1. The summed E-state index contributed by atoms with van der Waals surface area (Å²) >= 11 is 0. The van der Waals surface area contributed by atoms with Gasteiger partial charge >= 0.3 is 0 Å². The SMILES string of the molecule is CCOCCN(CCCCNCC(C)C)CCOCC. The van der Waals surface area contributed by atoms with Crippen LogP contribution in [0.1, 0.15) is 40.5 Å². The molecule has 0 aliphatic rings. The molecule has 4 heteroatoms. The van der Waals surface area contributed by atoms with E-state index < -0.39 is 0 Å². The van der Waals surface area contributed by atoms with Gasteiger partial charge in [-0.15, -0.1) is 0 Å². The summed E-state index contributed by atoms with van der Waals surface area (Å²) in [7, 11) is 0. The third-order valence-corrected chi connectivity index (χ3v) is 3.14. The molecule has 0 aromatic carbocycles. The molecule has 4 nitrogen and oxygen atoms in total. The quantitative estimate of drug-likeness (QED) is 0.469. The number of nitrogens with one attached hydrogen (secondary N) is 1. The smallest absolute Gasteiger partial charge is 0.0593 e. The molecule has 0 bridgehead atoms. The van der Waals surface area contributed by atoms with Gasteiger partial charge < -0.3 is 14.8 Å². The van der Waals surface area contributed by atoms with E-state index in [1.54, 1.807) is 0 Å². The van der Waals surface area contributed by atoms with E-state index in [1.165, 1.54) is 12.8 Å². The molecule has 0 aliphatic heterocycles. The molecule has 0 aromatic heterocycles. The molecule has 0 rings (SSSR count). The summed E-state index contributed by atoms with van der Waals surface area (Å²) in [6, 6.07) is 0. The van der Waals surface area contributed by atoms with Gasteiger partial charge in [0.2, 0.25) is 0 Å². The lowest BCUT2D eigenvalue weighted by Gasteiger charge is -2.22. The Kier molecular flexibility index (Phi) is 15.1. The Morgan fingerprint density at radius 3 is 2.00 bits per heavy atom. The molecule has 0 fully saturated rings. The van der Waals surface area contributed by atoms with Crippen LogP contribution in [0.25, 0.3) is 0 Å². The van der Waals surface area contributed by atoms with E-state index in [0.717, 1.165) is 65.1 Å². The van der Waals surface area contributed by atoms with Crippen molar-refractivity contribution in [3.8, 4) is 0 Å². The standard InChI is InChI=1S/C16H36N2O2/c1-5-19-13-11-18(12-14-20-6-2)10-8-7-9-17-15-16(3)4/h16-17H,5-15H2,1-4H3. The number of unbranched alkanes of at least 4 members (excludes halogenated alkanes) is 1. The van der Waals surface area contributed by atoms with E-state index >= 15 is 0 Å². The van der Waals surface area contributed by atoms with Gasteiger partial charge in [0.05, 0.1) is 13.2 Å². The molecule has 0 heterocycles. The van der Waals surface area contributed by atoms with Crippen molar-refractivity contribution in [1.29, 1.82) is 0 Å². The highest BCUT2D eigenvalue weighted by Crippen LogP contribution is 1.97. The Morgan fingerprint density at radius 2 is 1.50 bits per heavy atom. The Balaban J connectivity index is 3.61. The molecule has 0 unspecified atom stereocenters. The molecule has 122 valence electrons. The Bertz CT molecular complexity index is 179. The minimum atomic E-state index is 0.740. The summed E-state index contributed by atoms with van der Waals surface area (Å²) < 4.78 is 10.9. The van der Waals surface area contributed by atoms with E-state index in [-0.39, 0.29) is 0 Å². The molecular weight excluding hydrogens is 252 g/mol. The van der Waals surface area contributed by atoms with Gasteiger partial charge in [-0.3, -0.25) is 4.90 Å². The number of ether oxygens (including phenoxy) is 2. The number of rotatable bonds is 15. The first-order valence-electron chi connectivity index (χ1n) is 8.29. The van der Waals surface area contributed by atoms with Crippen LogP contribution in [0.5, 0.6) is 0 Å². The maximum atomic E-state index is 5.45. The predicted molar refractivity (Wildman–Crippen MR) is 86.4 cm³/mol. The minimum absolute atomic E-state index is 0.740. The minimum Gasteiger partial charge on any atom is -0.380 e. The van der Waals surface area contributed by atoms with Crippen LogP contribution < -0.4 is 5.32 Å². The van der Waals surface area contributed by atoms with E-state index in [1.807, 2.05) is 13.8 Å². The molecule has 0 aliphatic carbocycles. The zero-order valence-electron chi connectivity index (χ0n) is 14.1. The van der Waals surface area contributed by atoms with Crippen LogP contribution in [0.3, 0.4) is 0 Å².